The molecule has 0 fully saturated rings. The molecule has 9 aromatic carbocycles. The number of aromatic nitrogens is 3. The SMILES string of the molecule is C1=CCC(c2ccc(-c3ccccc3)n2-c2ccc3c(-c4ccc5ccccc5n4)c4cc(-n5c(-c6ccccc6)ccc5-c5ccccc5)ccc4c(-c4ccc5ccccc5c4)c3c2)C=C1. The Morgan fingerprint density at radius 1 is 0.368 bits per heavy atom. The lowest BCUT2D eigenvalue weighted by Crippen LogP contribution is -2.07. The van der Waals surface area contributed by atoms with E-state index in [1.165, 1.54) is 49.6 Å². The molecule has 0 aliphatic heterocycles. The second-order valence-corrected chi connectivity index (χ2v) is 17.8. The van der Waals surface area contributed by atoms with Crippen molar-refractivity contribution in [1.82, 2.24) is 14.1 Å². The molecule has 0 amide bonds. The van der Waals surface area contributed by atoms with Crippen molar-refractivity contribution in [1.29, 1.82) is 0 Å². The van der Waals surface area contributed by atoms with E-state index < -0.39 is 0 Å². The topological polar surface area (TPSA) is 22.8 Å². The third kappa shape index (κ3) is 6.79. The second-order valence-electron chi connectivity index (χ2n) is 17.8. The summed E-state index contributed by atoms with van der Waals surface area (Å²) in [5, 5.41) is 8.20. The summed E-state index contributed by atoms with van der Waals surface area (Å²) in [5.41, 5.74) is 15.8. The predicted octanol–water partition coefficient (Wildman–Crippen LogP) is 17.2. The van der Waals surface area contributed by atoms with Crippen molar-refractivity contribution in [2.24, 2.45) is 0 Å². The van der Waals surface area contributed by atoms with Crippen molar-refractivity contribution in [2.45, 2.75) is 12.3 Å². The molecule has 1 aliphatic carbocycles. The van der Waals surface area contributed by atoms with Crippen LogP contribution in [0.1, 0.15) is 18.0 Å². The van der Waals surface area contributed by atoms with Gasteiger partial charge >= 0.3 is 0 Å². The zero-order valence-electron chi connectivity index (χ0n) is 37.4. The molecule has 0 saturated heterocycles. The monoisotopic (exact) mass is 867 g/mol. The zero-order chi connectivity index (χ0) is 45.0. The summed E-state index contributed by atoms with van der Waals surface area (Å²) in [7, 11) is 0. The summed E-state index contributed by atoms with van der Waals surface area (Å²) >= 11 is 0. The Bertz CT molecular complexity index is 3870. The van der Waals surface area contributed by atoms with Crippen LogP contribution in [0.4, 0.5) is 0 Å². The van der Waals surface area contributed by atoms with E-state index in [2.05, 4.69) is 264 Å². The molecule has 0 N–H and O–H groups in total. The van der Waals surface area contributed by atoms with Crippen LogP contribution in [0.25, 0.3) is 111 Å². The smallest absolute Gasteiger partial charge is 0.0722 e. The number of para-hydroxylation sites is 1. The van der Waals surface area contributed by atoms with Gasteiger partial charge in [-0.2, -0.15) is 0 Å². The van der Waals surface area contributed by atoms with Crippen molar-refractivity contribution in [3.8, 4) is 67.5 Å². The molecule has 0 spiro atoms. The second kappa shape index (κ2) is 16.6. The first-order chi connectivity index (χ1) is 33.7. The van der Waals surface area contributed by atoms with E-state index in [0.717, 1.165) is 73.2 Å². The van der Waals surface area contributed by atoms with E-state index in [0.29, 0.717) is 0 Å². The molecule has 320 valence electrons. The minimum Gasteiger partial charge on any atom is -0.313 e. The van der Waals surface area contributed by atoms with Gasteiger partial charge in [-0.3, -0.25) is 0 Å². The van der Waals surface area contributed by atoms with Crippen LogP contribution in [0.2, 0.25) is 0 Å². The number of fused-ring (bicyclic) bond motifs is 4. The molecule has 3 heterocycles. The molecule has 3 aromatic heterocycles. The average Bonchev–Trinajstić information content (AvgIpc) is 4.07. The van der Waals surface area contributed by atoms with E-state index in [1.54, 1.807) is 0 Å². The van der Waals surface area contributed by atoms with Gasteiger partial charge in [0.25, 0.3) is 0 Å². The normalized spacial score (nSPS) is 13.6. The summed E-state index contributed by atoms with van der Waals surface area (Å²) in [6.07, 6.45) is 9.93. The molecular formula is C65H45N3. The van der Waals surface area contributed by atoms with Crippen LogP contribution in [0.3, 0.4) is 0 Å². The molecule has 3 nitrogen and oxygen atoms in total. The summed E-state index contributed by atoms with van der Waals surface area (Å²) in [4.78, 5) is 5.49. The fourth-order valence-corrected chi connectivity index (χ4v) is 10.7. The molecule has 1 atom stereocenters. The molecule has 13 rings (SSSR count). The molecule has 0 radical (unpaired) electrons. The summed E-state index contributed by atoms with van der Waals surface area (Å²) in [5.74, 6) is 0.246. The molecule has 68 heavy (non-hydrogen) atoms. The van der Waals surface area contributed by atoms with Crippen LogP contribution in [-0.2, 0) is 0 Å². The van der Waals surface area contributed by atoms with Gasteiger partial charge in [-0.05, 0) is 133 Å². The Hall–Kier alpha value is -8.79. The van der Waals surface area contributed by atoms with Gasteiger partial charge in [0.1, 0.15) is 0 Å². The molecule has 1 aliphatic rings. The Morgan fingerprint density at radius 3 is 1.57 bits per heavy atom. The summed E-state index contributed by atoms with van der Waals surface area (Å²) in [6.45, 7) is 0. The molecule has 0 bridgehead atoms. The van der Waals surface area contributed by atoms with Crippen LogP contribution in [0.15, 0.2) is 255 Å². The lowest BCUT2D eigenvalue weighted by Gasteiger charge is -2.23. The highest BCUT2D eigenvalue weighted by Gasteiger charge is 2.24. The van der Waals surface area contributed by atoms with Crippen molar-refractivity contribution >= 4 is 43.2 Å². The molecular weight excluding hydrogens is 823 g/mol. The molecule has 3 heteroatoms. The van der Waals surface area contributed by atoms with Crippen molar-refractivity contribution in [2.75, 3.05) is 0 Å². The highest BCUT2D eigenvalue weighted by atomic mass is 15.0. The number of pyridine rings is 1. The quantitative estimate of drug-likeness (QED) is 0.140. The van der Waals surface area contributed by atoms with Gasteiger partial charge in [0.15, 0.2) is 0 Å². The Kier molecular flexibility index (Phi) is 9.64. The Labute approximate surface area is 395 Å². The van der Waals surface area contributed by atoms with E-state index in [9.17, 15) is 0 Å². The first-order valence-corrected chi connectivity index (χ1v) is 23.6. The van der Waals surface area contributed by atoms with E-state index in [-0.39, 0.29) is 5.92 Å². The van der Waals surface area contributed by atoms with Crippen LogP contribution < -0.4 is 0 Å². The minimum absolute atomic E-state index is 0.246. The average molecular weight is 868 g/mol. The van der Waals surface area contributed by atoms with Crippen molar-refractivity contribution < 1.29 is 0 Å². The van der Waals surface area contributed by atoms with Gasteiger partial charge in [-0.25, -0.2) is 4.98 Å². The largest absolute Gasteiger partial charge is 0.313 e. The number of benzene rings is 9. The fourth-order valence-electron chi connectivity index (χ4n) is 10.7. The summed E-state index contributed by atoms with van der Waals surface area (Å²) in [6, 6.07) is 84.2. The lowest BCUT2D eigenvalue weighted by molar-refractivity contribution is 0.786. The van der Waals surface area contributed by atoms with Crippen molar-refractivity contribution in [3.05, 3.63) is 261 Å². The van der Waals surface area contributed by atoms with Gasteiger partial charge in [-0.15, -0.1) is 0 Å². The Balaban J connectivity index is 1.15. The maximum atomic E-state index is 5.49. The Morgan fingerprint density at radius 2 is 0.912 bits per heavy atom. The lowest BCUT2D eigenvalue weighted by atomic mass is 9.86. The van der Waals surface area contributed by atoms with Crippen molar-refractivity contribution in [3.63, 3.8) is 0 Å². The number of hydrogen-bond acceptors (Lipinski definition) is 1. The highest BCUT2D eigenvalue weighted by Crippen LogP contribution is 2.47. The summed E-state index contributed by atoms with van der Waals surface area (Å²) < 4.78 is 4.93. The molecule has 12 aromatic rings. The van der Waals surface area contributed by atoms with E-state index in [1.807, 2.05) is 0 Å². The third-order valence-corrected chi connectivity index (χ3v) is 13.9. The van der Waals surface area contributed by atoms with Gasteiger partial charge in [-0.1, -0.05) is 188 Å². The van der Waals surface area contributed by atoms with Gasteiger partial charge in [0.05, 0.1) is 28.3 Å². The van der Waals surface area contributed by atoms with Crippen LogP contribution in [-0.4, -0.2) is 14.1 Å². The van der Waals surface area contributed by atoms with E-state index >= 15 is 0 Å². The highest BCUT2D eigenvalue weighted by molar-refractivity contribution is 6.22. The van der Waals surface area contributed by atoms with Gasteiger partial charge in [0, 0.05) is 33.9 Å². The van der Waals surface area contributed by atoms with Crippen LogP contribution >= 0.6 is 0 Å². The number of nitrogens with zero attached hydrogens (tertiary/aromatic N) is 3. The van der Waals surface area contributed by atoms with Gasteiger partial charge in [0.2, 0.25) is 0 Å². The van der Waals surface area contributed by atoms with Crippen LogP contribution in [0.5, 0.6) is 0 Å². The minimum atomic E-state index is 0.246. The maximum absolute atomic E-state index is 5.49. The van der Waals surface area contributed by atoms with Crippen LogP contribution in [0, 0.1) is 0 Å². The first-order valence-electron chi connectivity index (χ1n) is 23.6. The number of allylic oxidation sites excluding steroid dienone is 4. The standard InChI is InChI=1S/C65H45N3/c1-5-19-46(20-6-1)60-37-38-61(47-21-7-2-8-22-47)67(60)52-33-35-55-56(42-52)64(51-30-29-44-17-13-14-27-50(44)41-51)54-34-32-53(43-57(54)65(55)59-36-31-45-18-15-16-28-58(45)66-59)68-62(48-23-9-3-10-24-48)39-40-63(68)49-25-11-4-12-26-49/h1-21,23-43,47H,22H2. The number of rotatable bonds is 8. The molecule has 0 saturated carbocycles. The zero-order valence-corrected chi connectivity index (χ0v) is 37.4. The fraction of sp³-hybridized carbons (Fsp3) is 0.0308. The van der Waals surface area contributed by atoms with Gasteiger partial charge < -0.3 is 9.13 Å². The molecule has 1 unspecified atom stereocenters. The predicted molar refractivity (Wildman–Crippen MR) is 286 cm³/mol. The van der Waals surface area contributed by atoms with E-state index in [4.69, 9.17) is 4.98 Å². The third-order valence-electron chi connectivity index (χ3n) is 13.9. The maximum Gasteiger partial charge on any atom is 0.0722 e. The first kappa shape index (κ1) is 39.6. The number of hydrogen-bond donors (Lipinski definition) is 0.